The minimum atomic E-state index is -0.612. The van der Waals surface area contributed by atoms with E-state index in [1.807, 2.05) is 36.4 Å². The Bertz CT molecular complexity index is 925. The number of amides is 1. The van der Waals surface area contributed by atoms with Crippen LogP contribution in [0.3, 0.4) is 0 Å². The van der Waals surface area contributed by atoms with Crippen LogP contribution in [0.2, 0.25) is 0 Å². The van der Waals surface area contributed by atoms with E-state index in [9.17, 15) is 9.59 Å². The van der Waals surface area contributed by atoms with E-state index in [-0.39, 0.29) is 12.5 Å². The van der Waals surface area contributed by atoms with Crippen LogP contribution in [0.5, 0.6) is 0 Å². The van der Waals surface area contributed by atoms with Crippen molar-refractivity contribution in [2.24, 2.45) is 5.10 Å². The Hall–Kier alpha value is -3.72. The lowest BCUT2D eigenvalue weighted by atomic mass is 10.1. The summed E-state index contributed by atoms with van der Waals surface area (Å²) in [7, 11) is 0. The summed E-state index contributed by atoms with van der Waals surface area (Å²) >= 11 is 0. The van der Waals surface area contributed by atoms with Crippen LogP contribution in [0.25, 0.3) is 6.08 Å². The molecule has 0 fully saturated rings. The Morgan fingerprint density at radius 3 is 2.59 bits per heavy atom. The molecule has 27 heavy (non-hydrogen) atoms. The Morgan fingerprint density at radius 1 is 1.15 bits per heavy atom. The number of carbonyl (C=O) groups is 2. The average Bonchev–Trinajstić information content (AvgIpc) is 3.22. The first-order chi connectivity index (χ1) is 13.2. The van der Waals surface area contributed by atoms with Crippen molar-refractivity contribution in [2.45, 2.75) is 6.42 Å². The largest absolute Gasteiger partial charge is 0.452 e. The van der Waals surface area contributed by atoms with E-state index in [1.54, 1.807) is 30.3 Å². The second-order valence-corrected chi connectivity index (χ2v) is 5.85. The number of nitriles is 1. The molecule has 0 atom stereocenters. The summed E-state index contributed by atoms with van der Waals surface area (Å²) in [5, 5.41) is 14.4. The molecule has 0 aromatic heterocycles. The molecule has 1 aliphatic heterocycles. The minimum Gasteiger partial charge on any atom is -0.452 e. The van der Waals surface area contributed by atoms with Crippen LogP contribution < -0.4 is 0 Å². The predicted molar refractivity (Wildman–Crippen MR) is 100 cm³/mol. The molecule has 1 heterocycles. The SMILES string of the molecule is N#Cc1ccc(/C=C/C(=O)OCC(=O)N2CCC(c3ccccc3)=N2)cc1. The number of esters is 1. The van der Waals surface area contributed by atoms with Crippen molar-refractivity contribution >= 4 is 23.7 Å². The fourth-order valence-corrected chi connectivity index (χ4v) is 2.56. The maximum Gasteiger partial charge on any atom is 0.331 e. The molecule has 1 aliphatic rings. The molecule has 0 N–H and O–H groups in total. The van der Waals surface area contributed by atoms with Crippen molar-refractivity contribution in [1.29, 1.82) is 5.26 Å². The van der Waals surface area contributed by atoms with Gasteiger partial charge in [-0.1, -0.05) is 42.5 Å². The molecule has 0 radical (unpaired) electrons. The lowest BCUT2D eigenvalue weighted by Gasteiger charge is -2.10. The van der Waals surface area contributed by atoms with Crippen LogP contribution in [0.4, 0.5) is 0 Å². The number of hydrogen-bond donors (Lipinski definition) is 0. The second kappa shape index (κ2) is 8.59. The quantitative estimate of drug-likeness (QED) is 0.607. The van der Waals surface area contributed by atoms with E-state index in [4.69, 9.17) is 10.00 Å². The van der Waals surface area contributed by atoms with E-state index < -0.39 is 5.97 Å². The first-order valence-electron chi connectivity index (χ1n) is 8.44. The van der Waals surface area contributed by atoms with Crippen LogP contribution in [-0.4, -0.2) is 35.7 Å². The van der Waals surface area contributed by atoms with Gasteiger partial charge in [-0.25, -0.2) is 9.80 Å². The van der Waals surface area contributed by atoms with Gasteiger partial charge in [0, 0.05) is 12.5 Å². The third kappa shape index (κ3) is 4.89. The average molecular weight is 359 g/mol. The molecule has 6 nitrogen and oxygen atoms in total. The number of carbonyl (C=O) groups excluding carboxylic acids is 2. The molecule has 1 amide bonds. The molecule has 0 spiro atoms. The Kier molecular flexibility index (Phi) is 5.75. The van der Waals surface area contributed by atoms with Crippen LogP contribution in [-0.2, 0) is 14.3 Å². The lowest BCUT2D eigenvalue weighted by Crippen LogP contribution is -2.28. The van der Waals surface area contributed by atoms with Crippen molar-refractivity contribution in [3.8, 4) is 6.07 Å². The molecular weight excluding hydrogens is 342 g/mol. The summed E-state index contributed by atoms with van der Waals surface area (Å²) < 4.78 is 4.99. The topological polar surface area (TPSA) is 82.8 Å². The molecule has 2 aromatic rings. The van der Waals surface area contributed by atoms with E-state index >= 15 is 0 Å². The molecule has 2 aromatic carbocycles. The Labute approximate surface area is 157 Å². The van der Waals surface area contributed by atoms with Gasteiger partial charge in [0.15, 0.2) is 6.61 Å². The first-order valence-corrected chi connectivity index (χ1v) is 8.44. The number of hydrogen-bond acceptors (Lipinski definition) is 5. The summed E-state index contributed by atoms with van der Waals surface area (Å²) in [5.41, 5.74) is 3.13. The first kappa shape index (κ1) is 18.1. The summed E-state index contributed by atoms with van der Waals surface area (Å²) in [6.45, 7) is 0.115. The van der Waals surface area contributed by atoms with Gasteiger partial charge in [-0.15, -0.1) is 0 Å². The van der Waals surface area contributed by atoms with Crippen LogP contribution in [0, 0.1) is 11.3 Å². The molecule has 0 unspecified atom stereocenters. The van der Waals surface area contributed by atoms with E-state index in [1.165, 1.54) is 11.1 Å². The molecule has 0 bridgehead atoms. The van der Waals surface area contributed by atoms with Gasteiger partial charge in [-0.2, -0.15) is 10.4 Å². The standard InChI is InChI=1S/C21H17N3O3/c22-14-17-8-6-16(7-9-17)10-11-21(26)27-15-20(25)24-13-12-19(23-24)18-4-2-1-3-5-18/h1-11H,12-13,15H2/b11-10+. The molecule has 0 saturated heterocycles. The summed E-state index contributed by atoms with van der Waals surface area (Å²) in [6, 6.07) is 18.4. The van der Waals surface area contributed by atoms with Gasteiger partial charge in [0.2, 0.25) is 0 Å². The lowest BCUT2D eigenvalue weighted by molar-refractivity contribution is -0.147. The molecule has 0 saturated carbocycles. The maximum absolute atomic E-state index is 12.2. The fraction of sp³-hybridized carbons (Fsp3) is 0.143. The van der Waals surface area contributed by atoms with Crippen molar-refractivity contribution in [3.63, 3.8) is 0 Å². The van der Waals surface area contributed by atoms with Crippen molar-refractivity contribution in [3.05, 3.63) is 77.4 Å². The van der Waals surface area contributed by atoms with E-state index in [2.05, 4.69) is 5.10 Å². The number of rotatable bonds is 5. The highest BCUT2D eigenvalue weighted by molar-refractivity contribution is 6.02. The van der Waals surface area contributed by atoms with Gasteiger partial charge in [-0.3, -0.25) is 4.79 Å². The Balaban J connectivity index is 1.50. The van der Waals surface area contributed by atoms with Gasteiger partial charge in [0.1, 0.15) is 0 Å². The van der Waals surface area contributed by atoms with Crippen LogP contribution >= 0.6 is 0 Å². The van der Waals surface area contributed by atoms with Gasteiger partial charge in [0.05, 0.1) is 23.9 Å². The molecule has 6 heteroatoms. The maximum atomic E-state index is 12.2. The highest BCUT2D eigenvalue weighted by Gasteiger charge is 2.22. The predicted octanol–water partition coefficient (Wildman–Crippen LogP) is 2.75. The summed E-state index contributed by atoms with van der Waals surface area (Å²) in [6.07, 6.45) is 3.48. The summed E-state index contributed by atoms with van der Waals surface area (Å²) in [4.78, 5) is 23.9. The second-order valence-electron chi connectivity index (χ2n) is 5.85. The zero-order valence-electron chi connectivity index (χ0n) is 14.5. The molecule has 134 valence electrons. The molecular formula is C21H17N3O3. The van der Waals surface area contributed by atoms with Crippen molar-refractivity contribution in [2.75, 3.05) is 13.2 Å². The third-order valence-electron chi connectivity index (χ3n) is 3.99. The van der Waals surface area contributed by atoms with Crippen molar-refractivity contribution in [1.82, 2.24) is 5.01 Å². The third-order valence-corrected chi connectivity index (χ3v) is 3.99. The Morgan fingerprint density at radius 2 is 1.89 bits per heavy atom. The number of ether oxygens (including phenoxy) is 1. The zero-order chi connectivity index (χ0) is 19.1. The molecule has 0 aliphatic carbocycles. The van der Waals surface area contributed by atoms with Crippen LogP contribution in [0.1, 0.15) is 23.1 Å². The van der Waals surface area contributed by atoms with Gasteiger partial charge >= 0.3 is 5.97 Å². The monoisotopic (exact) mass is 359 g/mol. The highest BCUT2D eigenvalue weighted by Crippen LogP contribution is 2.13. The number of nitrogens with zero attached hydrogens (tertiary/aromatic N) is 3. The van der Waals surface area contributed by atoms with Gasteiger partial charge in [0.25, 0.3) is 5.91 Å². The van der Waals surface area contributed by atoms with Crippen molar-refractivity contribution < 1.29 is 14.3 Å². The molecule has 3 rings (SSSR count). The number of hydrazone groups is 1. The van der Waals surface area contributed by atoms with Gasteiger partial charge in [-0.05, 0) is 29.3 Å². The zero-order valence-corrected chi connectivity index (χ0v) is 14.5. The van der Waals surface area contributed by atoms with E-state index in [0.717, 1.165) is 16.8 Å². The summed E-state index contributed by atoms with van der Waals surface area (Å²) in [5.74, 6) is -0.972. The minimum absolute atomic E-state index is 0.359. The fourth-order valence-electron chi connectivity index (χ4n) is 2.56. The highest BCUT2D eigenvalue weighted by atomic mass is 16.5. The normalized spacial score (nSPS) is 13.3. The van der Waals surface area contributed by atoms with E-state index in [0.29, 0.717) is 18.5 Å². The smallest absolute Gasteiger partial charge is 0.331 e. The number of benzene rings is 2. The van der Waals surface area contributed by atoms with Gasteiger partial charge < -0.3 is 4.74 Å². The van der Waals surface area contributed by atoms with Crippen LogP contribution in [0.15, 0.2) is 65.8 Å².